The Hall–Kier alpha value is -3.57. The summed E-state index contributed by atoms with van der Waals surface area (Å²) in [4.78, 5) is 28.0. The Labute approximate surface area is 222 Å². The second kappa shape index (κ2) is 10.3. The summed E-state index contributed by atoms with van der Waals surface area (Å²) in [5.41, 5.74) is 1.74. The van der Waals surface area contributed by atoms with Crippen LogP contribution in [0, 0.1) is 0 Å². The molecule has 1 saturated carbocycles. The largest absolute Gasteiger partial charge is 0.377 e. The van der Waals surface area contributed by atoms with E-state index in [1.54, 1.807) is 32.0 Å². The third-order valence-corrected chi connectivity index (χ3v) is 9.38. The lowest BCUT2D eigenvalue weighted by Crippen LogP contribution is -2.44. The number of ether oxygens (including phenoxy) is 1. The van der Waals surface area contributed by atoms with Gasteiger partial charge in [0.1, 0.15) is 10.6 Å². The summed E-state index contributed by atoms with van der Waals surface area (Å²) in [5.74, 6) is 1.05. The van der Waals surface area contributed by atoms with E-state index in [4.69, 9.17) is 14.7 Å². The predicted molar refractivity (Wildman–Crippen MR) is 145 cm³/mol. The second-order valence-corrected chi connectivity index (χ2v) is 12.7. The maximum absolute atomic E-state index is 13.7. The molecule has 2 fully saturated rings. The first kappa shape index (κ1) is 26.1. The van der Waals surface area contributed by atoms with Gasteiger partial charge < -0.3 is 20.3 Å². The van der Waals surface area contributed by atoms with Crippen molar-refractivity contribution in [2.24, 2.45) is 0 Å². The van der Waals surface area contributed by atoms with Crippen molar-refractivity contribution in [3.05, 3.63) is 60.6 Å². The van der Waals surface area contributed by atoms with E-state index in [0.717, 1.165) is 12.8 Å². The minimum Gasteiger partial charge on any atom is -0.377 e. The zero-order valence-corrected chi connectivity index (χ0v) is 22.5. The smallest absolute Gasteiger partial charge is 0.319 e. The standard InChI is InChI=1S/C27H32N6O4S/c1-18-17-37-15-14-33(18)24-16-23(27(2,3)38(35,36)22-10-12-28-13-11-22)31-25(32-24)19-4-6-20(7-5-19)29-26(34)30-21-8-9-21/h4-7,10-13,16,18,21H,8-9,14-15,17H2,1-3H3,(H2,29,30,34)/t18-/m0/s1. The van der Waals surface area contributed by atoms with Gasteiger partial charge in [-0.1, -0.05) is 0 Å². The highest BCUT2D eigenvalue weighted by molar-refractivity contribution is 7.92. The fraction of sp³-hybridized carbons (Fsp3) is 0.407. The first-order chi connectivity index (χ1) is 18.1. The van der Waals surface area contributed by atoms with Crippen LogP contribution in [0.25, 0.3) is 11.4 Å². The van der Waals surface area contributed by atoms with Gasteiger partial charge in [0, 0.05) is 42.3 Å². The summed E-state index contributed by atoms with van der Waals surface area (Å²) < 4.78 is 31.7. The summed E-state index contributed by atoms with van der Waals surface area (Å²) in [5, 5.41) is 5.73. The summed E-state index contributed by atoms with van der Waals surface area (Å²) in [6.45, 7) is 7.11. The number of anilines is 2. The molecule has 10 nitrogen and oxygen atoms in total. The van der Waals surface area contributed by atoms with E-state index >= 15 is 0 Å². The van der Waals surface area contributed by atoms with Crippen molar-refractivity contribution in [3.63, 3.8) is 0 Å². The topological polar surface area (TPSA) is 126 Å². The second-order valence-electron chi connectivity index (χ2n) is 10.2. The molecule has 0 radical (unpaired) electrons. The Balaban J connectivity index is 1.52. The van der Waals surface area contributed by atoms with Crippen molar-refractivity contribution >= 4 is 27.4 Å². The molecular weight excluding hydrogens is 504 g/mol. The number of carbonyl (C=O) groups is 1. The summed E-state index contributed by atoms with van der Waals surface area (Å²) >= 11 is 0. The predicted octanol–water partition coefficient (Wildman–Crippen LogP) is 3.76. The molecule has 0 bridgehead atoms. The third-order valence-electron chi connectivity index (χ3n) is 6.94. The molecule has 0 unspecified atom stereocenters. The van der Waals surface area contributed by atoms with E-state index in [-0.39, 0.29) is 23.0 Å². The molecule has 5 rings (SSSR count). The first-order valence-electron chi connectivity index (χ1n) is 12.7. The summed E-state index contributed by atoms with van der Waals surface area (Å²) in [6, 6.07) is 12.1. The minimum absolute atomic E-state index is 0.0656. The maximum atomic E-state index is 13.7. The van der Waals surface area contributed by atoms with Crippen LogP contribution in [-0.2, 0) is 19.3 Å². The number of urea groups is 1. The molecule has 1 aliphatic heterocycles. The number of amides is 2. The van der Waals surface area contributed by atoms with Crippen LogP contribution in [0.2, 0.25) is 0 Å². The minimum atomic E-state index is -3.80. The van der Waals surface area contributed by atoms with Crippen LogP contribution in [0.1, 0.15) is 39.3 Å². The van der Waals surface area contributed by atoms with Gasteiger partial charge in [-0.05, 0) is 70.0 Å². The Bertz CT molecular complexity index is 1410. The number of rotatable bonds is 7. The number of hydrogen-bond acceptors (Lipinski definition) is 8. The maximum Gasteiger partial charge on any atom is 0.319 e. The normalized spacial score (nSPS) is 18.2. The molecule has 1 aliphatic carbocycles. The summed E-state index contributed by atoms with van der Waals surface area (Å²) in [6.07, 6.45) is 4.96. The quantitative estimate of drug-likeness (QED) is 0.468. The number of pyridine rings is 1. The Kier molecular flexibility index (Phi) is 7.06. The van der Waals surface area contributed by atoms with Crippen LogP contribution in [0.4, 0.5) is 16.3 Å². The molecule has 1 saturated heterocycles. The van der Waals surface area contributed by atoms with Gasteiger partial charge in [-0.2, -0.15) is 0 Å². The highest BCUT2D eigenvalue weighted by Gasteiger charge is 2.40. The number of nitrogens with zero attached hydrogens (tertiary/aromatic N) is 4. The van der Waals surface area contributed by atoms with Gasteiger partial charge in [0.2, 0.25) is 0 Å². The van der Waals surface area contributed by atoms with Gasteiger partial charge in [-0.3, -0.25) is 4.98 Å². The van der Waals surface area contributed by atoms with Crippen LogP contribution >= 0.6 is 0 Å². The lowest BCUT2D eigenvalue weighted by Gasteiger charge is -2.35. The fourth-order valence-electron chi connectivity index (χ4n) is 4.32. The van der Waals surface area contributed by atoms with Crippen molar-refractivity contribution in [1.29, 1.82) is 0 Å². The zero-order valence-electron chi connectivity index (χ0n) is 21.7. The van der Waals surface area contributed by atoms with Crippen molar-refractivity contribution in [3.8, 4) is 11.4 Å². The van der Waals surface area contributed by atoms with Crippen LogP contribution in [0.15, 0.2) is 59.8 Å². The zero-order chi connectivity index (χ0) is 26.9. The van der Waals surface area contributed by atoms with Gasteiger partial charge in [-0.25, -0.2) is 23.2 Å². The molecular formula is C27H32N6O4S. The fourth-order valence-corrected chi connectivity index (χ4v) is 5.77. The average molecular weight is 537 g/mol. The number of sulfone groups is 1. The van der Waals surface area contributed by atoms with E-state index in [9.17, 15) is 13.2 Å². The van der Waals surface area contributed by atoms with E-state index in [2.05, 4.69) is 20.5 Å². The number of nitrogens with one attached hydrogen (secondary N) is 2. The average Bonchev–Trinajstić information content (AvgIpc) is 3.73. The van der Waals surface area contributed by atoms with Gasteiger partial charge in [0.25, 0.3) is 0 Å². The number of hydrogen-bond donors (Lipinski definition) is 2. The highest BCUT2D eigenvalue weighted by atomic mass is 32.2. The van der Waals surface area contributed by atoms with E-state index in [1.165, 1.54) is 24.5 Å². The highest BCUT2D eigenvalue weighted by Crippen LogP contribution is 2.36. The van der Waals surface area contributed by atoms with Gasteiger partial charge in [0.05, 0.1) is 29.8 Å². The summed E-state index contributed by atoms with van der Waals surface area (Å²) in [7, 11) is -3.80. The molecule has 11 heteroatoms. The molecule has 0 spiro atoms. The van der Waals surface area contributed by atoms with Gasteiger partial charge >= 0.3 is 6.03 Å². The van der Waals surface area contributed by atoms with Crippen molar-refractivity contribution < 1.29 is 17.9 Å². The van der Waals surface area contributed by atoms with Crippen molar-refractivity contribution in [1.82, 2.24) is 20.3 Å². The van der Waals surface area contributed by atoms with Crippen molar-refractivity contribution in [2.75, 3.05) is 30.0 Å². The molecule has 3 heterocycles. The molecule has 38 heavy (non-hydrogen) atoms. The Morgan fingerprint density at radius 3 is 2.45 bits per heavy atom. The van der Waals surface area contributed by atoms with Gasteiger partial charge in [0.15, 0.2) is 15.7 Å². The molecule has 2 aliphatic rings. The van der Waals surface area contributed by atoms with Crippen LogP contribution in [-0.4, -0.2) is 61.2 Å². The first-order valence-corrected chi connectivity index (χ1v) is 14.2. The molecule has 1 atom stereocenters. The molecule has 200 valence electrons. The SMILES string of the molecule is C[C@H]1COCCN1c1cc(C(C)(C)S(=O)(=O)c2ccncc2)nc(-c2ccc(NC(=O)NC3CC3)cc2)n1. The molecule has 2 amide bonds. The Morgan fingerprint density at radius 2 is 1.79 bits per heavy atom. The lowest BCUT2D eigenvalue weighted by atomic mass is 10.1. The number of aromatic nitrogens is 3. The monoisotopic (exact) mass is 536 g/mol. The molecule has 2 aromatic heterocycles. The molecule has 1 aromatic carbocycles. The van der Waals surface area contributed by atoms with Crippen LogP contribution in [0.3, 0.4) is 0 Å². The Morgan fingerprint density at radius 1 is 1.08 bits per heavy atom. The van der Waals surface area contributed by atoms with Gasteiger partial charge in [-0.15, -0.1) is 0 Å². The third kappa shape index (κ3) is 5.34. The number of morpholine rings is 1. The molecule has 2 N–H and O–H groups in total. The lowest BCUT2D eigenvalue weighted by molar-refractivity contribution is 0.0985. The number of benzene rings is 1. The van der Waals surface area contributed by atoms with E-state index < -0.39 is 14.6 Å². The molecule has 3 aromatic rings. The van der Waals surface area contributed by atoms with Crippen molar-refractivity contribution in [2.45, 2.75) is 55.3 Å². The van der Waals surface area contributed by atoms with E-state index in [1.807, 2.05) is 19.1 Å². The van der Waals surface area contributed by atoms with Crippen LogP contribution in [0.5, 0.6) is 0 Å². The number of carbonyl (C=O) groups excluding carboxylic acids is 1. The van der Waals surface area contributed by atoms with E-state index in [0.29, 0.717) is 48.3 Å². The van der Waals surface area contributed by atoms with Crippen LogP contribution < -0.4 is 15.5 Å².